The minimum atomic E-state index is -3.46. The average Bonchev–Trinajstić information content (AvgIpc) is 2.75. The third kappa shape index (κ3) is 2.90. The Balaban J connectivity index is 1.99. The van der Waals surface area contributed by atoms with E-state index in [1.54, 1.807) is 7.05 Å². The van der Waals surface area contributed by atoms with Crippen molar-refractivity contribution >= 4 is 10.0 Å². The van der Waals surface area contributed by atoms with Crippen molar-refractivity contribution < 1.29 is 8.42 Å². The van der Waals surface area contributed by atoms with Crippen molar-refractivity contribution in [3.8, 4) is 0 Å². The van der Waals surface area contributed by atoms with Crippen molar-refractivity contribution in [1.82, 2.24) is 19.8 Å². The van der Waals surface area contributed by atoms with Gasteiger partial charge in [-0.3, -0.25) is 4.68 Å². The molecule has 0 aromatic carbocycles. The van der Waals surface area contributed by atoms with Gasteiger partial charge in [0, 0.05) is 19.6 Å². The van der Waals surface area contributed by atoms with Gasteiger partial charge in [0.2, 0.25) is 0 Å². The molecule has 2 N–H and O–H groups in total. The van der Waals surface area contributed by atoms with E-state index in [0.29, 0.717) is 12.5 Å². The van der Waals surface area contributed by atoms with Crippen molar-refractivity contribution in [3.05, 3.63) is 12.3 Å². The summed E-state index contributed by atoms with van der Waals surface area (Å²) in [6.07, 6.45) is 3.79. The number of nitrogens with one attached hydrogen (secondary N) is 2. The van der Waals surface area contributed by atoms with Crippen LogP contribution in [0, 0.1) is 5.92 Å². The minimum Gasteiger partial charge on any atom is -0.312 e. The zero-order chi connectivity index (χ0) is 13.2. The number of hydrogen-bond acceptors (Lipinski definition) is 4. The van der Waals surface area contributed by atoms with Crippen molar-refractivity contribution in [2.75, 3.05) is 13.1 Å². The van der Waals surface area contributed by atoms with Crippen molar-refractivity contribution in [2.45, 2.75) is 30.8 Å². The molecule has 1 aromatic rings. The Hall–Kier alpha value is -0.920. The molecule has 1 saturated heterocycles. The van der Waals surface area contributed by atoms with Crippen LogP contribution in [0.25, 0.3) is 0 Å². The molecule has 2 unspecified atom stereocenters. The summed E-state index contributed by atoms with van der Waals surface area (Å²) in [5, 5.41) is 7.43. The van der Waals surface area contributed by atoms with Gasteiger partial charge in [0.05, 0.1) is 6.20 Å². The van der Waals surface area contributed by atoms with E-state index in [0.717, 1.165) is 19.4 Å². The van der Waals surface area contributed by atoms with E-state index >= 15 is 0 Å². The van der Waals surface area contributed by atoms with Gasteiger partial charge in [-0.1, -0.05) is 6.92 Å². The van der Waals surface area contributed by atoms with Crippen LogP contribution in [-0.4, -0.2) is 37.3 Å². The number of hydrogen-bond donors (Lipinski definition) is 2. The van der Waals surface area contributed by atoms with Crippen LogP contribution in [-0.2, 0) is 17.1 Å². The third-order valence-electron chi connectivity index (χ3n) is 3.47. The van der Waals surface area contributed by atoms with Crippen LogP contribution < -0.4 is 10.0 Å². The minimum absolute atomic E-state index is 0.200. The van der Waals surface area contributed by atoms with Crippen LogP contribution in [0.1, 0.15) is 19.8 Å². The Bertz CT molecular complexity index is 497. The maximum Gasteiger partial charge on any atom is 0.257 e. The average molecular weight is 272 g/mol. The molecule has 1 aliphatic rings. The van der Waals surface area contributed by atoms with Gasteiger partial charge in [0.15, 0.2) is 5.03 Å². The number of nitrogens with zero attached hydrogens (tertiary/aromatic N) is 2. The SMILES string of the molecule is CC1CCCNC1CNS(=O)(=O)c1ccnn1C. The molecule has 2 heterocycles. The van der Waals surface area contributed by atoms with Crippen LogP contribution in [0.4, 0.5) is 0 Å². The molecule has 0 saturated carbocycles. The van der Waals surface area contributed by atoms with Gasteiger partial charge in [-0.25, -0.2) is 13.1 Å². The first-order valence-electron chi connectivity index (χ1n) is 6.22. The van der Waals surface area contributed by atoms with Crippen molar-refractivity contribution in [3.63, 3.8) is 0 Å². The van der Waals surface area contributed by atoms with Gasteiger partial charge >= 0.3 is 0 Å². The Morgan fingerprint density at radius 3 is 3.00 bits per heavy atom. The van der Waals surface area contributed by atoms with E-state index in [1.165, 1.54) is 16.9 Å². The Kier molecular flexibility index (Phi) is 4.04. The molecule has 102 valence electrons. The van der Waals surface area contributed by atoms with Crippen LogP contribution >= 0.6 is 0 Å². The van der Waals surface area contributed by atoms with Crippen LogP contribution in [0.3, 0.4) is 0 Å². The van der Waals surface area contributed by atoms with E-state index < -0.39 is 10.0 Å². The smallest absolute Gasteiger partial charge is 0.257 e. The summed E-state index contributed by atoms with van der Waals surface area (Å²) in [6, 6.07) is 1.71. The second-order valence-electron chi connectivity index (χ2n) is 4.83. The molecule has 7 heteroatoms. The van der Waals surface area contributed by atoms with E-state index in [-0.39, 0.29) is 11.1 Å². The van der Waals surface area contributed by atoms with Gasteiger partial charge in [-0.05, 0) is 31.4 Å². The van der Waals surface area contributed by atoms with Crippen LogP contribution in [0.2, 0.25) is 0 Å². The molecular formula is C11H20N4O2S. The monoisotopic (exact) mass is 272 g/mol. The molecule has 2 atom stereocenters. The van der Waals surface area contributed by atoms with E-state index in [2.05, 4.69) is 22.1 Å². The first-order valence-corrected chi connectivity index (χ1v) is 7.70. The summed E-state index contributed by atoms with van der Waals surface area (Å²) in [7, 11) is -1.84. The van der Waals surface area contributed by atoms with Gasteiger partial charge < -0.3 is 5.32 Å². The molecule has 18 heavy (non-hydrogen) atoms. The molecule has 0 bridgehead atoms. The van der Waals surface area contributed by atoms with E-state index in [4.69, 9.17) is 0 Å². The molecule has 1 aromatic heterocycles. The molecule has 6 nitrogen and oxygen atoms in total. The number of rotatable bonds is 4. The normalized spacial score (nSPS) is 25.2. The van der Waals surface area contributed by atoms with Crippen molar-refractivity contribution in [2.24, 2.45) is 13.0 Å². The molecule has 2 rings (SSSR count). The fraction of sp³-hybridized carbons (Fsp3) is 0.727. The van der Waals surface area contributed by atoms with Crippen molar-refractivity contribution in [1.29, 1.82) is 0 Å². The highest BCUT2D eigenvalue weighted by molar-refractivity contribution is 7.89. The number of aromatic nitrogens is 2. The highest BCUT2D eigenvalue weighted by Crippen LogP contribution is 2.15. The first kappa shape index (κ1) is 13.5. The lowest BCUT2D eigenvalue weighted by molar-refractivity contribution is 0.300. The molecule has 1 aliphatic heterocycles. The predicted octanol–water partition coefficient (Wildman–Crippen LogP) is 0.0865. The Morgan fingerprint density at radius 1 is 1.61 bits per heavy atom. The topological polar surface area (TPSA) is 76.0 Å². The van der Waals surface area contributed by atoms with E-state index in [9.17, 15) is 8.42 Å². The highest BCUT2D eigenvalue weighted by Gasteiger charge is 2.24. The number of sulfonamides is 1. The zero-order valence-electron chi connectivity index (χ0n) is 10.8. The lowest BCUT2D eigenvalue weighted by Gasteiger charge is -2.30. The molecule has 0 aliphatic carbocycles. The molecule has 0 amide bonds. The lowest BCUT2D eigenvalue weighted by atomic mass is 9.93. The fourth-order valence-corrected chi connectivity index (χ4v) is 3.47. The number of aryl methyl sites for hydroxylation is 1. The standard InChI is InChI=1S/C11H20N4O2S/c1-9-4-3-6-12-10(9)8-14-18(16,17)11-5-7-13-15(11)2/h5,7,9-10,12,14H,3-4,6,8H2,1-2H3. The fourth-order valence-electron chi connectivity index (χ4n) is 2.29. The Morgan fingerprint density at radius 2 is 2.39 bits per heavy atom. The lowest BCUT2D eigenvalue weighted by Crippen LogP contribution is -2.47. The highest BCUT2D eigenvalue weighted by atomic mass is 32.2. The Labute approximate surface area is 108 Å². The molecular weight excluding hydrogens is 252 g/mol. The summed E-state index contributed by atoms with van der Waals surface area (Å²) >= 11 is 0. The predicted molar refractivity (Wildman–Crippen MR) is 68.6 cm³/mol. The summed E-state index contributed by atoms with van der Waals surface area (Å²) in [4.78, 5) is 0. The summed E-state index contributed by atoms with van der Waals surface area (Å²) < 4.78 is 28.1. The zero-order valence-corrected chi connectivity index (χ0v) is 11.6. The number of piperidine rings is 1. The maximum absolute atomic E-state index is 12.1. The van der Waals surface area contributed by atoms with Gasteiger partial charge in [-0.2, -0.15) is 5.10 Å². The molecule has 0 spiro atoms. The summed E-state index contributed by atoms with van der Waals surface area (Å²) in [5.74, 6) is 0.494. The second kappa shape index (κ2) is 5.38. The van der Waals surface area contributed by atoms with E-state index in [1.807, 2.05) is 0 Å². The first-order chi connectivity index (χ1) is 8.50. The largest absolute Gasteiger partial charge is 0.312 e. The second-order valence-corrected chi connectivity index (χ2v) is 6.54. The maximum atomic E-state index is 12.1. The van der Waals surface area contributed by atoms with Crippen LogP contribution in [0.15, 0.2) is 17.3 Å². The molecule has 0 radical (unpaired) electrons. The third-order valence-corrected chi connectivity index (χ3v) is 4.97. The van der Waals surface area contributed by atoms with Gasteiger partial charge in [0.25, 0.3) is 10.0 Å². The van der Waals surface area contributed by atoms with Gasteiger partial charge in [0.1, 0.15) is 0 Å². The molecule has 1 fully saturated rings. The van der Waals surface area contributed by atoms with Crippen LogP contribution in [0.5, 0.6) is 0 Å². The summed E-state index contributed by atoms with van der Waals surface area (Å²) in [5.41, 5.74) is 0. The summed E-state index contributed by atoms with van der Waals surface area (Å²) in [6.45, 7) is 3.53. The quantitative estimate of drug-likeness (QED) is 0.814. The van der Waals surface area contributed by atoms with Gasteiger partial charge in [-0.15, -0.1) is 0 Å².